The SMILES string of the molecule is C=C/C(=C(\N=CC)[C@H](C)OC)c1c2c3cc(ccc3n1CC)-c1cccc(c1)C[C@H](NC(=O)[C@H](C(C)C)N(C)C(=O)[C@H]1CCN(C(=O)C#CC(C)(C)N(C)C)C1)C(=O)N1CCC[C@H](N1)C(=O)OCC(C)(C)C2. The van der Waals surface area contributed by atoms with Crippen LogP contribution in [0.2, 0.25) is 0 Å². The minimum absolute atomic E-state index is 0.111. The van der Waals surface area contributed by atoms with Crippen LogP contribution in [0.15, 0.2) is 65.8 Å². The number of hydrogen-bond donors (Lipinski definition) is 2. The standard InChI is InChI=1S/C57H78N8O7/c1-15-42(49(58-16-2)37(6)71-14)51-44-33-56(7,8)35-72-55(70)45-22-19-28-65(60-45)54(69)46(31-38-20-18-21-39(30-38)40-23-24-47(43(44)32-40)64(51)17-3)59-52(67)50(36(4)5)62(13)53(68)41-26-29-63(34-41)48(66)25-27-57(9,10)61(11)12/h15-16,18,20-21,23-24,30,32,36-37,41,45-46,50,60H,1,17,19,22,26,28-29,31,33-35H2,2-14H3,(H,59,67)/b49-42+,58-16?/t37-,41-,45-,46-,50-/m0/s1. The Morgan fingerprint density at radius 2 is 1.79 bits per heavy atom. The van der Waals surface area contributed by atoms with E-state index in [9.17, 15) is 24.0 Å². The van der Waals surface area contributed by atoms with E-state index >= 15 is 0 Å². The number of allylic oxidation sites excluding steroid dienone is 2. The first kappa shape index (κ1) is 55.2. The maximum absolute atomic E-state index is 14.8. The summed E-state index contributed by atoms with van der Waals surface area (Å²) in [7, 11) is 7.08. The molecule has 2 N–H and O–H groups in total. The predicted octanol–water partition coefficient (Wildman–Crippen LogP) is 6.67. The third-order valence-electron chi connectivity index (χ3n) is 14.6. The van der Waals surface area contributed by atoms with Crippen molar-refractivity contribution in [3.63, 3.8) is 0 Å². The number of rotatable bonds is 12. The van der Waals surface area contributed by atoms with E-state index in [1.54, 1.807) is 25.3 Å². The van der Waals surface area contributed by atoms with E-state index in [2.05, 4.69) is 78.8 Å². The van der Waals surface area contributed by atoms with Gasteiger partial charge in [-0.1, -0.05) is 76.6 Å². The number of carbonyl (C=O) groups excluding carboxylic acids is 5. The second-order valence-corrected chi connectivity index (χ2v) is 21.4. The van der Waals surface area contributed by atoms with Gasteiger partial charge in [-0.15, -0.1) is 0 Å². The smallest absolute Gasteiger partial charge is 0.324 e. The number of amides is 4. The lowest BCUT2D eigenvalue weighted by atomic mass is 9.84. The number of aliphatic imine (C=N–C) groups is 1. The maximum atomic E-state index is 14.8. The summed E-state index contributed by atoms with van der Waals surface area (Å²) in [5.74, 6) is 3.00. The Balaban J connectivity index is 1.38. The highest BCUT2D eigenvalue weighted by molar-refractivity contribution is 5.97. The fourth-order valence-electron chi connectivity index (χ4n) is 10.1. The largest absolute Gasteiger partial charge is 0.464 e. The Labute approximate surface area is 427 Å². The van der Waals surface area contributed by atoms with Crippen molar-refractivity contribution >= 4 is 52.3 Å². The number of fused-ring (bicyclic) bond motifs is 6. The molecule has 15 nitrogen and oxygen atoms in total. The maximum Gasteiger partial charge on any atom is 0.324 e. The second kappa shape index (κ2) is 23.2. The van der Waals surface area contributed by atoms with Gasteiger partial charge in [0.2, 0.25) is 11.8 Å². The zero-order valence-electron chi connectivity index (χ0n) is 45.0. The van der Waals surface area contributed by atoms with Gasteiger partial charge in [0, 0.05) is 74.9 Å². The van der Waals surface area contributed by atoms with Crippen LogP contribution in [0.3, 0.4) is 0 Å². The van der Waals surface area contributed by atoms with Crippen molar-refractivity contribution in [3.05, 3.63) is 77.6 Å². The first-order valence-electron chi connectivity index (χ1n) is 25.5. The van der Waals surface area contributed by atoms with E-state index in [0.29, 0.717) is 45.3 Å². The number of aromatic nitrogens is 1. The molecule has 4 amide bonds. The van der Waals surface area contributed by atoms with Crippen LogP contribution in [0, 0.1) is 29.1 Å². The molecule has 72 heavy (non-hydrogen) atoms. The van der Waals surface area contributed by atoms with Gasteiger partial charge in [-0.2, -0.15) is 0 Å². The molecule has 3 aliphatic rings. The molecule has 4 heterocycles. The molecule has 2 aromatic carbocycles. The monoisotopic (exact) mass is 987 g/mol. The Hall–Kier alpha value is -6.08. The summed E-state index contributed by atoms with van der Waals surface area (Å²) in [6.45, 7) is 23.7. The molecule has 2 fully saturated rings. The van der Waals surface area contributed by atoms with Crippen molar-refractivity contribution < 1.29 is 33.4 Å². The number of carbonyl (C=O) groups is 5. The number of methoxy groups -OCH3 is 1. The molecule has 2 saturated heterocycles. The van der Waals surface area contributed by atoms with Gasteiger partial charge in [-0.25, -0.2) is 5.43 Å². The molecule has 0 unspecified atom stereocenters. The van der Waals surface area contributed by atoms with E-state index in [1.807, 2.05) is 84.8 Å². The van der Waals surface area contributed by atoms with Crippen molar-refractivity contribution in [3.8, 4) is 23.0 Å². The molecule has 3 aromatic rings. The molecule has 15 heteroatoms. The molecule has 388 valence electrons. The van der Waals surface area contributed by atoms with E-state index < -0.39 is 52.8 Å². The fraction of sp³-hybridized carbons (Fsp3) is 0.544. The zero-order valence-corrected chi connectivity index (χ0v) is 45.0. The first-order chi connectivity index (χ1) is 34.1. The summed E-state index contributed by atoms with van der Waals surface area (Å²) in [6.07, 6.45) is 5.40. The molecule has 0 spiro atoms. The number of ether oxygens (including phenoxy) is 2. The van der Waals surface area contributed by atoms with Crippen LogP contribution in [-0.4, -0.2) is 144 Å². The molecular weight excluding hydrogens is 909 g/mol. The topological polar surface area (TPSA) is 158 Å². The van der Waals surface area contributed by atoms with Crippen molar-refractivity contribution in [1.82, 2.24) is 35.0 Å². The van der Waals surface area contributed by atoms with Gasteiger partial charge < -0.3 is 29.2 Å². The Bertz CT molecular complexity index is 2670. The van der Waals surface area contributed by atoms with Crippen LogP contribution in [0.5, 0.6) is 0 Å². The van der Waals surface area contributed by atoms with Crippen LogP contribution in [-0.2, 0) is 52.8 Å². The van der Waals surface area contributed by atoms with E-state index in [4.69, 9.17) is 14.5 Å². The minimum atomic E-state index is -1.07. The Kier molecular flexibility index (Phi) is 17.8. The van der Waals surface area contributed by atoms with E-state index in [1.165, 1.54) is 9.91 Å². The van der Waals surface area contributed by atoms with Gasteiger partial charge >= 0.3 is 5.97 Å². The Morgan fingerprint density at radius 1 is 1.07 bits per heavy atom. The number of likely N-dealkylation sites (tertiary alicyclic amines) is 1. The van der Waals surface area contributed by atoms with Crippen LogP contribution in [0.1, 0.15) is 98.4 Å². The van der Waals surface area contributed by atoms with Crippen molar-refractivity contribution in [1.29, 1.82) is 0 Å². The van der Waals surface area contributed by atoms with E-state index in [0.717, 1.165) is 50.1 Å². The molecule has 1 aromatic heterocycles. The number of cyclic esters (lactones) is 1. The number of hydrogen-bond acceptors (Lipinski definition) is 10. The quantitative estimate of drug-likeness (QED) is 0.0876. The van der Waals surface area contributed by atoms with Gasteiger partial charge in [0.15, 0.2) is 0 Å². The van der Waals surface area contributed by atoms with Crippen LogP contribution < -0.4 is 10.7 Å². The third-order valence-corrected chi connectivity index (χ3v) is 14.6. The lowest BCUT2D eigenvalue weighted by molar-refractivity contribution is -0.155. The van der Waals surface area contributed by atoms with Gasteiger partial charge in [0.25, 0.3) is 11.8 Å². The van der Waals surface area contributed by atoms with Crippen molar-refractivity contribution in [2.45, 2.75) is 131 Å². The van der Waals surface area contributed by atoms with Gasteiger partial charge in [0.1, 0.15) is 18.1 Å². The number of aryl methyl sites for hydroxylation is 1. The lowest BCUT2D eigenvalue weighted by Gasteiger charge is -2.37. The average molecular weight is 987 g/mol. The van der Waals surface area contributed by atoms with Gasteiger partial charge in [-0.05, 0) is 121 Å². The zero-order chi connectivity index (χ0) is 52.8. The predicted molar refractivity (Wildman–Crippen MR) is 284 cm³/mol. The molecule has 0 aliphatic carbocycles. The van der Waals surface area contributed by atoms with Gasteiger partial charge in [0.05, 0.1) is 35.6 Å². The average Bonchev–Trinajstić information content (AvgIpc) is 3.96. The molecule has 6 rings (SSSR count). The summed E-state index contributed by atoms with van der Waals surface area (Å²) < 4.78 is 14.3. The van der Waals surface area contributed by atoms with Crippen LogP contribution in [0.4, 0.5) is 0 Å². The molecule has 0 saturated carbocycles. The molecule has 6 bridgehead atoms. The minimum Gasteiger partial charge on any atom is -0.464 e. The molecular formula is C57H78N8O7. The van der Waals surface area contributed by atoms with Gasteiger partial charge in [-0.3, -0.25) is 38.9 Å². The van der Waals surface area contributed by atoms with E-state index in [-0.39, 0.29) is 43.4 Å². The number of hydrazine groups is 1. The van der Waals surface area contributed by atoms with Crippen LogP contribution >= 0.6 is 0 Å². The molecule has 5 atom stereocenters. The normalized spacial score (nSPS) is 20.9. The highest BCUT2D eigenvalue weighted by Crippen LogP contribution is 2.40. The van der Waals surface area contributed by atoms with Crippen LogP contribution in [0.25, 0.3) is 27.6 Å². The summed E-state index contributed by atoms with van der Waals surface area (Å²) in [4.78, 5) is 80.7. The van der Waals surface area contributed by atoms with Crippen molar-refractivity contribution in [2.24, 2.45) is 22.2 Å². The summed E-state index contributed by atoms with van der Waals surface area (Å²) in [5, 5.41) is 5.55. The number of esters is 1. The highest BCUT2D eigenvalue weighted by Gasteiger charge is 2.40. The summed E-state index contributed by atoms with van der Waals surface area (Å²) >= 11 is 0. The summed E-state index contributed by atoms with van der Waals surface area (Å²) in [6, 6.07) is 11.6. The number of nitrogens with one attached hydrogen (secondary N) is 2. The fourth-order valence-corrected chi connectivity index (χ4v) is 10.1. The number of likely N-dealkylation sites (N-methyl/N-ethyl adjacent to an activating group) is 1. The lowest BCUT2D eigenvalue weighted by Crippen LogP contribution is -2.62. The molecule has 0 radical (unpaired) electrons. The second-order valence-electron chi connectivity index (χ2n) is 21.4. The van der Waals surface area contributed by atoms with Crippen molar-refractivity contribution in [2.75, 3.05) is 54.5 Å². The Morgan fingerprint density at radius 3 is 2.44 bits per heavy atom. The third kappa shape index (κ3) is 12.2. The number of benzene rings is 2. The molecule has 3 aliphatic heterocycles. The highest BCUT2D eigenvalue weighted by atomic mass is 16.5. The summed E-state index contributed by atoms with van der Waals surface area (Å²) in [5.41, 5.74) is 9.50. The number of nitrogens with zero attached hydrogens (tertiary/aromatic N) is 6. The first-order valence-corrected chi connectivity index (χ1v) is 25.5.